The van der Waals surface area contributed by atoms with E-state index in [-0.39, 0.29) is 17.6 Å². The van der Waals surface area contributed by atoms with Crippen LogP contribution in [0.25, 0.3) is 6.08 Å². The van der Waals surface area contributed by atoms with Crippen LogP contribution in [0, 0.1) is 6.92 Å². The molecule has 0 saturated carbocycles. The van der Waals surface area contributed by atoms with Crippen LogP contribution < -0.4 is 10.6 Å². The van der Waals surface area contributed by atoms with Crippen molar-refractivity contribution in [3.63, 3.8) is 0 Å². The molecular weight excluding hydrogens is 332 g/mol. The molecule has 2 N–H and O–H groups in total. The van der Waals surface area contributed by atoms with E-state index in [1.54, 1.807) is 36.4 Å². The first-order chi connectivity index (χ1) is 12.6. The van der Waals surface area contributed by atoms with Gasteiger partial charge in [0.25, 0.3) is 5.91 Å². The van der Waals surface area contributed by atoms with Crippen molar-refractivity contribution in [1.82, 2.24) is 5.32 Å². The number of carbonyl (C=O) groups excluding carboxylic acids is 2. The van der Waals surface area contributed by atoms with Crippen LogP contribution in [0.4, 0.5) is 5.69 Å². The molecule has 0 bridgehead atoms. The number of furan rings is 2. The zero-order chi connectivity index (χ0) is 18.4. The molecule has 6 heteroatoms. The third-order valence-electron chi connectivity index (χ3n) is 3.58. The Bertz CT molecular complexity index is 906. The molecule has 0 saturated heterocycles. The maximum atomic E-state index is 11.9. The van der Waals surface area contributed by atoms with Gasteiger partial charge in [0.05, 0.1) is 6.26 Å². The predicted octanol–water partition coefficient (Wildman–Crippen LogP) is 3.76. The normalized spacial score (nSPS) is 10.8. The topological polar surface area (TPSA) is 84.5 Å². The Labute approximate surface area is 150 Å². The maximum absolute atomic E-state index is 11.9. The van der Waals surface area contributed by atoms with Crippen LogP contribution in [0.1, 0.15) is 27.6 Å². The lowest BCUT2D eigenvalue weighted by Crippen LogP contribution is -2.20. The molecule has 0 fully saturated rings. The highest BCUT2D eigenvalue weighted by Gasteiger charge is 2.08. The Morgan fingerprint density at radius 3 is 2.54 bits per heavy atom. The van der Waals surface area contributed by atoms with Gasteiger partial charge in [0, 0.05) is 18.3 Å². The summed E-state index contributed by atoms with van der Waals surface area (Å²) >= 11 is 0. The van der Waals surface area contributed by atoms with Gasteiger partial charge in [-0.2, -0.15) is 0 Å². The van der Waals surface area contributed by atoms with E-state index in [0.29, 0.717) is 18.0 Å². The molecule has 3 rings (SSSR count). The van der Waals surface area contributed by atoms with Crippen LogP contribution in [0.15, 0.2) is 69.7 Å². The molecule has 2 heterocycles. The third kappa shape index (κ3) is 4.73. The van der Waals surface area contributed by atoms with Crippen LogP contribution in [-0.2, 0) is 11.3 Å². The standard InChI is InChI=1S/C20H18N2O4/c1-14-4-9-17(26-14)10-11-19(23)21-13-15-5-7-16(8-6-15)22-20(24)18-3-2-12-25-18/h2-12H,13H2,1H3,(H,21,23)(H,22,24)/b11-10+. The number of rotatable bonds is 6. The van der Waals surface area contributed by atoms with Crippen molar-refractivity contribution >= 4 is 23.6 Å². The van der Waals surface area contributed by atoms with E-state index in [1.807, 2.05) is 25.1 Å². The molecule has 2 aromatic heterocycles. The Hall–Kier alpha value is -3.54. The first-order valence-electron chi connectivity index (χ1n) is 8.06. The van der Waals surface area contributed by atoms with E-state index in [1.165, 1.54) is 12.3 Å². The minimum Gasteiger partial charge on any atom is -0.462 e. The van der Waals surface area contributed by atoms with Gasteiger partial charge >= 0.3 is 0 Å². The molecule has 0 aliphatic rings. The van der Waals surface area contributed by atoms with E-state index in [4.69, 9.17) is 8.83 Å². The second-order valence-electron chi connectivity index (χ2n) is 5.63. The van der Waals surface area contributed by atoms with Crippen molar-refractivity contribution in [1.29, 1.82) is 0 Å². The maximum Gasteiger partial charge on any atom is 0.291 e. The second-order valence-corrected chi connectivity index (χ2v) is 5.63. The van der Waals surface area contributed by atoms with E-state index in [9.17, 15) is 9.59 Å². The van der Waals surface area contributed by atoms with Gasteiger partial charge in [-0.05, 0) is 55.0 Å². The summed E-state index contributed by atoms with van der Waals surface area (Å²) in [6, 6.07) is 14.1. The highest BCUT2D eigenvalue weighted by atomic mass is 16.3. The summed E-state index contributed by atoms with van der Waals surface area (Å²) in [6.45, 7) is 2.23. The van der Waals surface area contributed by atoms with E-state index < -0.39 is 0 Å². The Morgan fingerprint density at radius 1 is 1.08 bits per heavy atom. The molecule has 6 nitrogen and oxygen atoms in total. The minimum atomic E-state index is -0.311. The van der Waals surface area contributed by atoms with Crippen LogP contribution in [0.5, 0.6) is 0 Å². The Balaban J connectivity index is 1.48. The van der Waals surface area contributed by atoms with E-state index in [2.05, 4.69) is 10.6 Å². The highest BCUT2D eigenvalue weighted by Crippen LogP contribution is 2.12. The summed E-state index contributed by atoms with van der Waals surface area (Å²) < 4.78 is 10.4. The number of hydrogen-bond acceptors (Lipinski definition) is 4. The summed E-state index contributed by atoms with van der Waals surface area (Å²) in [5.74, 6) is 1.15. The summed E-state index contributed by atoms with van der Waals surface area (Å²) in [5, 5.41) is 5.52. The third-order valence-corrected chi connectivity index (χ3v) is 3.58. The SMILES string of the molecule is Cc1ccc(/C=C/C(=O)NCc2ccc(NC(=O)c3ccco3)cc2)o1. The molecule has 1 aromatic carbocycles. The molecule has 3 aromatic rings. The predicted molar refractivity (Wildman–Crippen MR) is 97.4 cm³/mol. The van der Waals surface area contributed by atoms with Gasteiger partial charge in [-0.1, -0.05) is 12.1 Å². The molecule has 0 radical (unpaired) electrons. The van der Waals surface area contributed by atoms with Gasteiger partial charge < -0.3 is 19.5 Å². The first kappa shape index (κ1) is 17.3. The van der Waals surface area contributed by atoms with Crippen LogP contribution in [0.3, 0.4) is 0 Å². The molecular formula is C20H18N2O4. The number of anilines is 1. The fraction of sp³-hybridized carbons (Fsp3) is 0.100. The summed E-state index contributed by atoms with van der Waals surface area (Å²) in [6.07, 6.45) is 4.49. The van der Waals surface area contributed by atoms with Crippen molar-refractivity contribution in [2.75, 3.05) is 5.32 Å². The number of carbonyl (C=O) groups is 2. The molecule has 0 aliphatic carbocycles. The smallest absolute Gasteiger partial charge is 0.291 e. The lowest BCUT2D eigenvalue weighted by molar-refractivity contribution is -0.116. The number of hydrogen-bond donors (Lipinski definition) is 2. The second kappa shape index (κ2) is 8.02. The average Bonchev–Trinajstić information content (AvgIpc) is 3.31. The summed E-state index contributed by atoms with van der Waals surface area (Å²) in [7, 11) is 0. The molecule has 132 valence electrons. The van der Waals surface area contributed by atoms with Gasteiger partial charge in [0.15, 0.2) is 5.76 Å². The van der Waals surface area contributed by atoms with Crippen molar-refractivity contribution in [3.05, 3.63) is 83.7 Å². The monoisotopic (exact) mass is 350 g/mol. The fourth-order valence-corrected chi connectivity index (χ4v) is 2.26. The molecule has 0 spiro atoms. The van der Waals surface area contributed by atoms with Crippen LogP contribution in [-0.4, -0.2) is 11.8 Å². The van der Waals surface area contributed by atoms with Gasteiger partial charge in [0.1, 0.15) is 11.5 Å². The van der Waals surface area contributed by atoms with Crippen molar-refractivity contribution in [2.45, 2.75) is 13.5 Å². The van der Waals surface area contributed by atoms with Gasteiger partial charge in [-0.25, -0.2) is 0 Å². The zero-order valence-corrected chi connectivity index (χ0v) is 14.2. The van der Waals surface area contributed by atoms with E-state index >= 15 is 0 Å². The van der Waals surface area contributed by atoms with Crippen molar-refractivity contribution < 1.29 is 18.4 Å². The van der Waals surface area contributed by atoms with Gasteiger partial charge in [-0.3, -0.25) is 9.59 Å². The quantitative estimate of drug-likeness (QED) is 0.663. The number of amides is 2. The number of benzene rings is 1. The number of nitrogens with one attached hydrogen (secondary N) is 2. The van der Waals surface area contributed by atoms with Crippen LogP contribution >= 0.6 is 0 Å². The summed E-state index contributed by atoms with van der Waals surface area (Å²) in [5.41, 5.74) is 1.56. The van der Waals surface area contributed by atoms with Crippen LogP contribution in [0.2, 0.25) is 0 Å². The highest BCUT2D eigenvalue weighted by molar-refractivity contribution is 6.02. The fourth-order valence-electron chi connectivity index (χ4n) is 2.26. The van der Waals surface area contributed by atoms with Crippen molar-refractivity contribution in [2.24, 2.45) is 0 Å². The Kier molecular flexibility index (Phi) is 5.34. The van der Waals surface area contributed by atoms with Crippen molar-refractivity contribution in [3.8, 4) is 0 Å². The molecule has 26 heavy (non-hydrogen) atoms. The minimum absolute atomic E-state index is 0.214. The summed E-state index contributed by atoms with van der Waals surface area (Å²) in [4.78, 5) is 23.7. The molecule has 0 aliphatic heterocycles. The average molecular weight is 350 g/mol. The van der Waals surface area contributed by atoms with E-state index in [0.717, 1.165) is 11.3 Å². The lowest BCUT2D eigenvalue weighted by Gasteiger charge is -2.06. The number of aryl methyl sites for hydroxylation is 1. The molecule has 0 atom stereocenters. The molecule has 2 amide bonds. The first-order valence-corrected chi connectivity index (χ1v) is 8.06. The Morgan fingerprint density at radius 2 is 1.88 bits per heavy atom. The lowest BCUT2D eigenvalue weighted by atomic mass is 10.2. The largest absolute Gasteiger partial charge is 0.462 e. The van der Waals surface area contributed by atoms with Gasteiger partial charge in [-0.15, -0.1) is 0 Å². The molecule has 0 unspecified atom stereocenters. The zero-order valence-electron chi connectivity index (χ0n) is 14.2. The van der Waals surface area contributed by atoms with Gasteiger partial charge in [0.2, 0.25) is 5.91 Å².